The second-order valence-corrected chi connectivity index (χ2v) is 4.45. The van der Waals surface area contributed by atoms with Gasteiger partial charge in [0, 0.05) is 17.1 Å². The molecule has 0 aliphatic rings. The Morgan fingerprint density at radius 3 is 2.71 bits per heavy atom. The van der Waals surface area contributed by atoms with Crippen LogP contribution in [0.3, 0.4) is 0 Å². The largest absolute Gasteiger partial charge is 0.378 e. The average Bonchev–Trinajstić information content (AvgIpc) is 2.84. The first-order valence-corrected chi connectivity index (χ1v) is 6.80. The molecule has 0 amide bonds. The quantitative estimate of drug-likeness (QED) is 0.826. The highest BCUT2D eigenvalue weighted by atomic mass is 32.2. The first-order valence-electron chi connectivity index (χ1n) is 5.58. The Balaban J connectivity index is 1.97. The van der Waals surface area contributed by atoms with Gasteiger partial charge >= 0.3 is 0 Å². The molecule has 0 unspecified atom stereocenters. The number of hydrogen-bond donors (Lipinski definition) is 1. The van der Waals surface area contributed by atoms with E-state index in [0.717, 1.165) is 18.1 Å². The van der Waals surface area contributed by atoms with Crippen molar-refractivity contribution in [2.24, 2.45) is 0 Å². The highest BCUT2D eigenvalue weighted by Gasteiger charge is 2.01. The van der Waals surface area contributed by atoms with Gasteiger partial charge < -0.3 is 5.32 Å². The van der Waals surface area contributed by atoms with Gasteiger partial charge in [-0.1, -0.05) is 0 Å². The Kier molecular flexibility index (Phi) is 4.03. The summed E-state index contributed by atoms with van der Waals surface area (Å²) in [6.07, 6.45) is 3.67. The number of thioether (sulfide) groups is 1. The van der Waals surface area contributed by atoms with E-state index in [9.17, 15) is 0 Å². The monoisotopic (exact) mass is 248 g/mol. The summed E-state index contributed by atoms with van der Waals surface area (Å²) in [6, 6.07) is 8.38. The molecule has 2 rings (SSSR count). The van der Waals surface area contributed by atoms with Crippen LogP contribution in [0.2, 0.25) is 0 Å². The number of aromatic nitrogens is 3. The van der Waals surface area contributed by atoms with Crippen LogP contribution >= 0.6 is 11.8 Å². The van der Waals surface area contributed by atoms with Crippen molar-refractivity contribution in [3.8, 4) is 0 Å². The molecule has 90 valence electrons. The minimum Gasteiger partial charge on any atom is -0.378 e. The minimum atomic E-state index is 0.701. The fourth-order valence-electron chi connectivity index (χ4n) is 1.58. The van der Waals surface area contributed by atoms with E-state index in [2.05, 4.69) is 52.8 Å². The summed E-state index contributed by atoms with van der Waals surface area (Å²) in [5.41, 5.74) is 1.11. The van der Waals surface area contributed by atoms with Gasteiger partial charge in [0.15, 0.2) is 0 Å². The van der Waals surface area contributed by atoms with Gasteiger partial charge in [-0.05, 0) is 37.4 Å². The Bertz CT molecular complexity index is 464. The fraction of sp³-hybridized carbons (Fsp3) is 0.333. The SMILES string of the molecule is CCn1ncnc1CNc1ccc(SC)cc1. The van der Waals surface area contributed by atoms with Crippen LogP contribution < -0.4 is 5.32 Å². The first kappa shape index (κ1) is 12.0. The molecule has 1 aromatic carbocycles. The lowest BCUT2D eigenvalue weighted by atomic mass is 10.3. The highest BCUT2D eigenvalue weighted by molar-refractivity contribution is 7.98. The molecule has 0 radical (unpaired) electrons. The number of benzene rings is 1. The molecule has 5 heteroatoms. The number of nitrogens with one attached hydrogen (secondary N) is 1. The van der Waals surface area contributed by atoms with E-state index in [1.54, 1.807) is 18.1 Å². The molecule has 0 saturated carbocycles. The topological polar surface area (TPSA) is 42.7 Å². The van der Waals surface area contributed by atoms with Gasteiger partial charge in [-0.2, -0.15) is 5.10 Å². The normalized spacial score (nSPS) is 10.5. The summed E-state index contributed by atoms with van der Waals surface area (Å²) in [5.74, 6) is 0.960. The van der Waals surface area contributed by atoms with Crippen molar-refractivity contribution in [2.45, 2.75) is 24.9 Å². The van der Waals surface area contributed by atoms with Crippen LogP contribution in [0.25, 0.3) is 0 Å². The van der Waals surface area contributed by atoms with Crippen LogP contribution in [0.15, 0.2) is 35.5 Å². The number of rotatable bonds is 5. The number of aryl methyl sites for hydroxylation is 1. The maximum Gasteiger partial charge on any atom is 0.146 e. The molecule has 0 aliphatic heterocycles. The molecule has 4 nitrogen and oxygen atoms in total. The number of hydrogen-bond acceptors (Lipinski definition) is 4. The van der Waals surface area contributed by atoms with E-state index in [4.69, 9.17) is 0 Å². The zero-order valence-electron chi connectivity index (χ0n) is 10.1. The molecule has 0 bridgehead atoms. The van der Waals surface area contributed by atoms with Crippen molar-refractivity contribution < 1.29 is 0 Å². The van der Waals surface area contributed by atoms with Crippen molar-refractivity contribution in [3.63, 3.8) is 0 Å². The molecule has 0 spiro atoms. The highest BCUT2D eigenvalue weighted by Crippen LogP contribution is 2.17. The van der Waals surface area contributed by atoms with Crippen molar-refractivity contribution in [2.75, 3.05) is 11.6 Å². The second-order valence-electron chi connectivity index (χ2n) is 3.57. The Morgan fingerprint density at radius 2 is 2.06 bits per heavy atom. The summed E-state index contributed by atoms with van der Waals surface area (Å²) < 4.78 is 1.89. The van der Waals surface area contributed by atoms with E-state index in [1.807, 2.05) is 4.68 Å². The van der Waals surface area contributed by atoms with Crippen LogP contribution in [0.4, 0.5) is 5.69 Å². The third-order valence-corrected chi connectivity index (χ3v) is 3.28. The van der Waals surface area contributed by atoms with Crippen LogP contribution in [0.5, 0.6) is 0 Å². The second kappa shape index (κ2) is 5.72. The molecule has 17 heavy (non-hydrogen) atoms. The van der Waals surface area contributed by atoms with Crippen molar-refractivity contribution in [1.82, 2.24) is 14.8 Å². The fourth-order valence-corrected chi connectivity index (χ4v) is 1.99. The Labute approximate surface area is 105 Å². The molecule has 1 aromatic heterocycles. The number of nitrogens with zero attached hydrogens (tertiary/aromatic N) is 3. The molecule has 1 heterocycles. The molecular formula is C12H16N4S. The minimum absolute atomic E-state index is 0.701. The summed E-state index contributed by atoms with van der Waals surface area (Å²) >= 11 is 1.75. The standard InChI is InChI=1S/C12H16N4S/c1-3-16-12(14-9-15-16)8-13-10-4-6-11(17-2)7-5-10/h4-7,9,13H,3,8H2,1-2H3. The maximum atomic E-state index is 4.22. The van der Waals surface area contributed by atoms with Gasteiger partial charge in [0.1, 0.15) is 12.2 Å². The number of anilines is 1. The van der Waals surface area contributed by atoms with E-state index in [1.165, 1.54) is 4.90 Å². The molecule has 1 N–H and O–H groups in total. The van der Waals surface area contributed by atoms with Gasteiger partial charge in [0.25, 0.3) is 0 Å². The van der Waals surface area contributed by atoms with E-state index >= 15 is 0 Å². The van der Waals surface area contributed by atoms with E-state index in [-0.39, 0.29) is 0 Å². The summed E-state index contributed by atoms with van der Waals surface area (Å²) in [6.45, 7) is 3.61. The lowest BCUT2D eigenvalue weighted by Gasteiger charge is -2.07. The van der Waals surface area contributed by atoms with Crippen LogP contribution in [-0.2, 0) is 13.1 Å². The van der Waals surface area contributed by atoms with E-state index < -0.39 is 0 Å². The predicted octanol–water partition coefficient (Wildman–Crippen LogP) is 2.63. The van der Waals surface area contributed by atoms with Crippen LogP contribution in [0.1, 0.15) is 12.7 Å². The molecule has 0 aliphatic carbocycles. The summed E-state index contributed by atoms with van der Waals surface area (Å²) in [4.78, 5) is 5.49. The van der Waals surface area contributed by atoms with Gasteiger partial charge in [0.2, 0.25) is 0 Å². The first-order chi connectivity index (χ1) is 8.33. The van der Waals surface area contributed by atoms with Crippen molar-refractivity contribution >= 4 is 17.4 Å². The summed E-state index contributed by atoms with van der Waals surface area (Å²) in [5, 5.41) is 7.48. The lowest BCUT2D eigenvalue weighted by Crippen LogP contribution is -2.08. The van der Waals surface area contributed by atoms with Gasteiger partial charge in [0.05, 0.1) is 6.54 Å². The van der Waals surface area contributed by atoms with Crippen molar-refractivity contribution in [3.05, 3.63) is 36.4 Å². The summed E-state index contributed by atoms with van der Waals surface area (Å²) in [7, 11) is 0. The molecule has 0 fully saturated rings. The van der Waals surface area contributed by atoms with Crippen LogP contribution in [0, 0.1) is 0 Å². The average molecular weight is 248 g/mol. The van der Waals surface area contributed by atoms with E-state index in [0.29, 0.717) is 6.54 Å². The molecular weight excluding hydrogens is 232 g/mol. The zero-order valence-corrected chi connectivity index (χ0v) is 10.9. The van der Waals surface area contributed by atoms with Gasteiger partial charge in [-0.15, -0.1) is 11.8 Å². The zero-order chi connectivity index (χ0) is 12.1. The van der Waals surface area contributed by atoms with Crippen LogP contribution in [-0.4, -0.2) is 21.0 Å². The molecule has 0 saturated heterocycles. The molecule has 2 aromatic rings. The smallest absolute Gasteiger partial charge is 0.146 e. The lowest BCUT2D eigenvalue weighted by molar-refractivity contribution is 0.622. The van der Waals surface area contributed by atoms with Gasteiger partial charge in [-0.3, -0.25) is 0 Å². The third kappa shape index (κ3) is 3.00. The van der Waals surface area contributed by atoms with Crippen molar-refractivity contribution in [1.29, 1.82) is 0 Å². The Morgan fingerprint density at radius 1 is 1.29 bits per heavy atom. The molecule has 0 atom stereocenters. The third-order valence-electron chi connectivity index (χ3n) is 2.54. The maximum absolute atomic E-state index is 4.22. The van der Waals surface area contributed by atoms with Gasteiger partial charge in [-0.25, -0.2) is 9.67 Å². The predicted molar refractivity (Wildman–Crippen MR) is 71.2 cm³/mol. The Hall–Kier alpha value is -1.49.